The molecule has 2 aromatic carbocycles. The number of nitrogens with zero attached hydrogens (tertiary/aromatic N) is 3. The zero-order chi connectivity index (χ0) is 20.1. The normalized spacial score (nSPS) is 11.3. The number of aromatic nitrogens is 2. The molecule has 0 saturated heterocycles. The second-order valence-corrected chi connectivity index (χ2v) is 6.13. The Morgan fingerprint density at radius 2 is 1.86 bits per heavy atom. The maximum Gasteiger partial charge on any atom is 0.338 e. The molecule has 7 heteroatoms. The average Bonchev–Trinajstić information content (AvgIpc) is 3.14. The summed E-state index contributed by atoms with van der Waals surface area (Å²) >= 11 is 0. The Balaban J connectivity index is 1.64. The van der Waals surface area contributed by atoms with Crippen LogP contribution in [-0.2, 0) is 9.53 Å². The highest BCUT2D eigenvalue weighted by molar-refractivity contribution is 5.98. The Bertz CT molecular complexity index is 1050. The highest BCUT2D eigenvalue weighted by atomic mass is 16.5. The number of hydrogen-bond donors (Lipinski definition) is 1. The van der Waals surface area contributed by atoms with E-state index < -0.39 is 18.0 Å². The molecule has 1 aromatic heterocycles. The summed E-state index contributed by atoms with van der Waals surface area (Å²) in [7, 11) is 0. The molecule has 3 rings (SSSR count). The number of benzene rings is 2. The van der Waals surface area contributed by atoms with Crippen LogP contribution in [-0.4, -0.2) is 27.8 Å². The number of nitrogens with one attached hydrogen (secondary N) is 1. The lowest BCUT2D eigenvalue weighted by atomic mass is 10.2. The summed E-state index contributed by atoms with van der Waals surface area (Å²) in [6, 6.07) is 17.2. The molecule has 0 unspecified atom stereocenters. The van der Waals surface area contributed by atoms with Crippen molar-refractivity contribution >= 4 is 17.6 Å². The van der Waals surface area contributed by atoms with Crippen LogP contribution in [0.5, 0.6) is 0 Å². The van der Waals surface area contributed by atoms with Crippen LogP contribution < -0.4 is 5.32 Å². The lowest BCUT2D eigenvalue weighted by Crippen LogP contribution is -2.30. The minimum atomic E-state index is -1.02. The molecule has 0 spiro atoms. The summed E-state index contributed by atoms with van der Waals surface area (Å²) < 4.78 is 6.99. The molecule has 3 aromatic rings. The molecule has 140 valence electrons. The van der Waals surface area contributed by atoms with Gasteiger partial charge in [0.15, 0.2) is 6.10 Å². The van der Waals surface area contributed by atoms with E-state index in [-0.39, 0.29) is 0 Å². The fraction of sp³-hybridized carbons (Fsp3) is 0.143. The highest BCUT2D eigenvalue weighted by Crippen LogP contribution is 2.15. The number of para-hydroxylation sites is 1. The molecule has 0 bridgehead atoms. The van der Waals surface area contributed by atoms with Crippen molar-refractivity contribution in [2.24, 2.45) is 0 Å². The van der Waals surface area contributed by atoms with Gasteiger partial charge in [-0.25, -0.2) is 9.48 Å². The van der Waals surface area contributed by atoms with Crippen molar-refractivity contribution in [3.63, 3.8) is 0 Å². The Morgan fingerprint density at radius 3 is 2.50 bits per heavy atom. The van der Waals surface area contributed by atoms with Crippen molar-refractivity contribution in [2.75, 3.05) is 5.32 Å². The molecule has 1 atom stereocenters. The van der Waals surface area contributed by atoms with Gasteiger partial charge in [-0.3, -0.25) is 4.79 Å². The smallest absolute Gasteiger partial charge is 0.338 e. The van der Waals surface area contributed by atoms with E-state index in [1.54, 1.807) is 59.4 Å². The highest BCUT2D eigenvalue weighted by Gasteiger charge is 2.20. The topological polar surface area (TPSA) is 97.0 Å². The van der Waals surface area contributed by atoms with E-state index in [1.165, 1.54) is 6.92 Å². The quantitative estimate of drug-likeness (QED) is 0.692. The Kier molecular flexibility index (Phi) is 5.51. The van der Waals surface area contributed by atoms with Crippen LogP contribution in [0.1, 0.15) is 28.5 Å². The van der Waals surface area contributed by atoms with Gasteiger partial charge in [-0.1, -0.05) is 12.1 Å². The molecule has 0 saturated carbocycles. The fourth-order valence-corrected chi connectivity index (χ4v) is 2.58. The third kappa shape index (κ3) is 4.07. The van der Waals surface area contributed by atoms with E-state index in [0.29, 0.717) is 16.8 Å². The number of anilines is 1. The van der Waals surface area contributed by atoms with Gasteiger partial charge in [-0.15, -0.1) is 0 Å². The number of hydrogen-bond acceptors (Lipinski definition) is 5. The van der Waals surface area contributed by atoms with Gasteiger partial charge >= 0.3 is 5.97 Å². The minimum absolute atomic E-state index is 0.325. The van der Waals surface area contributed by atoms with Gasteiger partial charge in [-0.2, -0.15) is 10.4 Å². The standard InChI is InChI=1S/C21H18N4O3/c1-14-11-12-23-25(14)18-9-7-16(8-10-18)21(27)28-15(2)20(26)24-19-6-4-3-5-17(19)13-22/h3-12,15H,1-2H3,(H,24,26)/t15-/m1/s1. The Hall–Kier alpha value is -3.92. The monoisotopic (exact) mass is 374 g/mol. The molecule has 0 fully saturated rings. The van der Waals surface area contributed by atoms with E-state index in [1.807, 2.05) is 19.1 Å². The van der Waals surface area contributed by atoms with Gasteiger partial charge in [0, 0.05) is 11.9 Å². The summed E-state index contributed by atoms with van der Waals surface area (Å²) in [6.07, 6.45) is 0.676. The average molecular weight is 374 g/mol. The van der Waals surface area contributed by atoms with Crippen LogP contribution in [0, 0.1) is 18.3 Å². The zero-order valence-corrected chi connectivity index (χ0v) is 15.4. The van der Waals surface area contributed by atoms with E-state index in [2.05, 4.69) is 10.4 Å². The number of esters is 1. The fourth-order valence-electron chi connectivity index (χ4n) is 2.58. The number of amides is 1. The molecular formula is C21H18N4O3. The maximum absolute atomic E-state index is 12.3. The Labute approximate surface area is 162 Å². The molecular weight excluding hydrogens is 356 g/mol. The van der Waals surface area contributed by atoms with E-state index in [0.717, 1.165) is 11.4 Å². The predicted octanol–water partition coefficient (Wildman–Crippen LogP) is 3.24. The van der Waals surface area contributed by atoms with Crippen molar-refractivity contribution in [2.45, 2.75) is 20.0 Å². The number of nitriles is 1. The predicted molar refractivity (Wildman–Crippen MR) is 103 cm³/mol. The largest absolute Gasteiger partial charge is 0.449 e. The summed E-state index contributed by atoms with van der Waals surface area (Å²) in [5, 5.41) is 15.9. The van der Waals surface area contributed by atoms with Gasteiger partial charge in [0.1, 0.15) is 6.07 Å². The molecule has 0 radical (unpaired) electrons. The Morgan fingerprint density at radius 1 is 1.14 bits per heavy atom. The number of carbonyl (C=O) groups excluding carboxylic acids is 2. The van der Waals surface area contributed by atoms with Gasteiger partial charge in [-0.05, 0) is 56.3 Å². The molecule has 0 aliphatic rings. The van der Waals surface area contributed by atoms with Crippen molar-refractivity contribution in [1.82, 2.24) is 9.78 Å². The van der Waals surface area contributed by atoms with Crippen molar-refractivity contribution in [1.29, 1.82) is 5.26 Å². The second kappa shape index (κ2) is 8.18. The third-order valence-electron chi connectivity index (χ3n) is 4.14. The molecule has 28 heavy (non-hydrogen) atoms. The summed E-state index contributed by atoms with van der Waals surface area (Å²) in [4.78, 5) is 24.6. The van der Waals surface area contributed by atoms with Gasteiger partial charge in [0.05, 0.1) is 22.5 Å². The third-order valence-corrected chi connectivity index (χ3v) is 4.14. The molecule has 0 aliphatic heterocycles. The molecule has 1 amide bonds. The van der Waals surface area contributed by atoms with Crippen LogP contribution in [0.15, 0.2) is 60.8 Å². The first kappa shape index (κ1) is 18.9. The van der Waals surface area contributed by atoms with Crippen molar-refractivity contribution < 1.29 is 14.3 Å². The second-order valence-electron chi connectivity index (χ2n) is 6.13. The number of rotatable bonds is 5. The van der Waals surface area contributed by atoms with Gasteiger partial charge in [0.2, 0.25) is 0 Å². The first-order valence-corrected chi connectivity index (χ1v) is 8.61. The van der Waals surface area contributed by atoms with Crippen LogP contribution >= 0.6 is 0 Å². The zero-order valence-electron chi connectivity index (χ0n) is 15.4. The first-order chi connectivity index (χ1) is 13.5. The van der Waals surface area contributed by atoms with Crippen molar-refractivity contribution in [3.05, 3.63) is 77.6 Å². The van der Waals surface area contributed by atoms with Crippen LogP contribution in [0.2, 0.25) is 0 Å². The van der Waals surface area contributed by atoms with Crippen molar-refractivity contribution in [3.8, 4) is 11.8 Å². The minimum Gasteiger partial charge on any atom is -0.449 e. The summed E-state index contributed by atoms with van der Waals surface area (Å²) in [5.41, 5.74) is 2.82. The maximum atomic E-state index is 12.3. The molecule has 1 N–H and O–H groups in total. The summed E-state index contributed by atoms with van der Waals surface area (Å²) in [5.74, 6) is -1.13. The first-order valence-electron chi connectivity index (χ1n) is 8.61. The molecule has 7 nitrogen and oxygen atoms in total. The van der Waals surface area contributed by atoms with E-state index >= 15 is 0 Å². The number of aryl methyl sites for hydroxylation is 1. The van der Waals surface area contributed by atoms with E-state index in [4.69, 9.17) is 10.00 Å². The summed E-state index contributed by atoms with van der Waals surface area (Å²) in [6.45, 7) is 3.41. The SMILES string of the molecule is Cc1ccnn1-c1ccc(C(=O)O[C@H](C)C(=O)Nc2ccccc2C#N)cc1. The van der Waals surface area contributed by atoms with Crippen LogP contribution in [0.4, 0.5) is 5.69 Å². The van der Waals surface area contributed by atoms with Gasteiger partial charge in [0.25, 0.3) is 5.91 Å². The number of carbonyl (C=O) groups is 2. The van der Waals surface area contributed by atoms with Crippen LogP contribution in [0.25, 0.3) is 5.69 Å². The lowest BCUT2D eigenvalue weighted by Gasteiger charge is -2.14. The van der Waals surface area contributed by atoms with Crippen LogP contribution in [0.3, 0.4) is 0 Å². The molecule has 1 heterocycles. The van der Waals surface area contributed by atoms with Gasteiger partial charge < -0.3 is 10.1 Å². The molecule has 0 aliphatic carbocycles. The number of ether oxygens (including phenoxy) is 1. The van der Waals surface area contributed by atoms with E-state index in [9.17, 15) is 9.59 Å². The lowest BCUT2D eigenvalue weighted by molar-refractivity contribution is -0.123.